The molecule has 0 fully saturated rings. The van der Waals surface area contributed by atoms with Crippen LogP contribution in [0.4, 0.5) is 18.9 Å². The number of rotatable bonds is 1. The first kappa shape index (κ1) is 14.6. The average Bonchev–Trinajstić information content (AvgIpc) is 2.66. The van der Waals surface area contributed by atoms with Crippen molar-refractivity contribution in [3.63, 3.8) is 0 Å². The fourth-order valence-corrected chi connectivity index (χ4v) is 3.84. The van der Waals surface area contributed by atoms with Crippen LogP contribution in [0.1, 0.15) is 15.9 Å². The molecular weight excluding hydrogens is 319 g/mol. The van der Waals surface area contributed by atoms with Gasteiger partial charge in [0.15, 0.2) is 0 Å². The minimum absolute atomic E-state index is 0.0556. The predicted molar refractivity (Wildman–Crippen MR) is 71.9 cm³/mol. The van der Waals surface area contributed by atoms with Gasteiger partial charge in [-0.2, -0.15) is 17.5 Å². The summed E-state index contributed by atoms with van der Waals surface area (Å²) >= 11 is 0. The molecule has 0 aliphatic carbocycles. The smallest absolute Gasteiger partial charge is 0.268 e. The number of halogens is 3. The quantitative estimate of drug-likeness (QED) is 0.809. The number of carbonyl (C=O) groups excluding carboxylic acids is 1. The Morgan fingerprint density at radius 1 is 0.955 bits per heavy atom. The van der Waals surface area contributed by atoms with Gasteiger partial charge < -0.3 is 0 Å². The first-order chi connectivity index (χ1) is 10.2. The zero-order valence-electron chi connectivity index (χ0n) is 10.8. The molecule has 8 heteroatoms. The topological polar surface area (TPSA) is 54.5 Å². The zero-order chi connectivity index (χ0) is 16.1. The standard InChI is InChI=1S/C14H8F3NO3S/c15-14(16,17)9-4-3-5-10(8-9)18-13(19)11-6-1-2-7-12(11)22(18,20)21/h1-8H. The van der Waals surface area contributed by atoms with E-state index in [1.165, 1.54) is 24.3 Å². The number of benzene rings is 2. The van der Waals surface area contributed by atoms with Crippen molar-refractivity contribution in [2.24, 2.45) is 0 Å². The van der Waals surface area contributed by atoms with E-state index in [0.717, 1.165) is 18.2 Å². The van der Waals surface area contributed by atoms with Gasteiger partial charge in [0.25, 0.3) is 15.9 Å². The van der Waals surface area contributed by atoms with E-state index in [2.05, 4.69) is 0 Å². The Morgan fingerprint density at radius 2 is 1.64 bits per heavy atom. The fourth-order valence-electron chi connectivity index (χ4n) is 2.25. The van der Waals surface area contributed by atoms with Crippen LogP contribution >= 0.6 is 0 Å². The molecule has 0 aromatic heterocycles. The number of anilines is 1. The molecule has 4 nitrogen and oxygen atoms in total. The van der Waals surface area contributed by atoms with Gasteiger partial charge in [0.05, 0.1) is 16.8 Å². The summed E-state index contributed by atoms with van der Waals surface area (Å²) < 4.78 is 63.4. The highest BCUT2D eigenvalue weighted by atomic mass is 32.2. The number of fused-ring (bicyclic) bond motifs is 1. The first-order valence-corrected chi connectivity index (χ1v) is 7.53. The summed E-state index contributed by atoms with van der Waals surface area (Å²) in [5, 5.41) is 0. The van der Waals surface area contributed by atoms with E-state index in [0.29, 0.717) is 10.4 Å². The maximum absolute atomic E-state index is 12.8. The molecule has 0 N–H and O–H groups in total. The lowest BCUT2D eigenvalue weighted by atomic mass is 10.1. The maximum Gasteiger partial charge on any atom is 0.416 e. The fraction of sp³-hybridized carbons (Fsp3) is 0.0714. The van der Waals surface area contributed by atoms with E-state index in [9.17, 15) is 26.4 Å². The molecule has 114 valence electrons. The van der Waals surface area contributed by atoms with E-state index in [1.807, 2.05) is 0 Å². The second-order valence-corrected chi connectivity index (χ2v) is 6.37. The van der Waals surface area contributed by atoms with Crippen LogP contribution in [0.2, 0.25) is 0 Å². The Balaban J connectivity index is 2.17. The van der Waals surface area contributed by atoms with E-state index in [-0.39, 0.29) is 16.1 Å². The highest BCUT2D eigenvalue weighted by Crippen LogP contribution is 2.37. The van der Waals surface area contributed by atoms with Gasteiger partial charge in [0.2, 0.25) is 0 Å². The number of hydrogen-bond acceptors (Lipinski definition) is 3. The Hall–Kier alpha value is -2.35. The summed E-state index contributed by atoms with van der Waals surface area (Å²) in [6, 6.07) is 9.16. The molecule has 0 atom stereocenters. The van der Waals surface area contributed by atoms with Gasteiger partial charge >= 0.3 is 6.18 Å². The molecule has 1 heterocycles. The summed E-state index contributed by atoms with van der Waals surface area (Å²) in [5.41, 5.74) is -1.42. The Kier molecular flexibility index (Phi) is 3.03. The monoisotopic (exact) mass is 327 g/mol. The summed E-state index contributed by atoms with van der Waals surface area (Å²) in [6.07, 6.45) is -4.63. The number of alkyl halides is 3. The zero-order valence-corrected chi connectivity index (χ0v) is 11.6. The molecular formula is C14H8F3NO3S. The van der Waals surface area contributed by atoms with Gasteiger partial charge in [-0.15, -0.1) is 0 Å². The summed E-state index contributed by atoms with van der Waals surface area (Å²) in [6.45, 7) is 0. The van der Waals surface area contributed by atoms with Crippen LogP contribution < -0.4 is 4.31 Å². The Bertz CT molecular complexity index is 875. The van der Waals surface area contributed by atoms with Crippen LogP contribution in [-0.4, -0.2) is 14.3 Å². The minimum atomic E-state index is -4.63. The highest BCUT2D eigenvalue weighted by molar-refractivity contribution is 7.94. The van der Waals surface area contributed by atoms with Gasteiger partial charge in [0.1, 0.15) is 4.90 Å². The summed E-state index contributed by atoms with van der Waals surface area (Å²) in [7, 11) is -4.19. The molecule has 1 aliphatic heterocycles. The van der Waals surface area contributed by atoms with E-state index in [4.69, 9.17) is 0 Å². The largest absolute Gasteiger partial charge is 0.416 e. The lowest BCUT2D eigenvalue weighted by molar-refractivity contribution is -0.137. The third kappa shape index (κ3) is 2.07. The van der Waals surface area contributed by atoms with Gasteiger partial charge in [0, 0.05) is 0 Å². The lowest BCUT2D eigenvalue weighted by Gasteiger charge is -2.16. The SMILES string of the molecule is O=C1c2ccccc2S(=O)(=O)N1c1cccc(C(F)(F)F)c1. The molecule has 0 spiro atoms. The Labute approximate surface area is 123 Å². The predicted octanol–water partition coefficient (Wildman–Crippen LogP) is 3.05. The van der Waals surface area contributed by atoms with Crippen LogP contribution in [-0.2, 0) is 16.2 Å². The number of sulfonamides is 1. The van der Waals surface area contributed by atoms with Crippen molar-refractivity contribution in [2.45, 2.75) is 11.1 Å². The number of carbonyl (C=O) groups is 1. The number of amides is 1. The van der Waals surface area contributed by atoms with Crippen molar-refractivity contribution in [1.29, 1.82) is 0 Å². The van der Waals surface area contributed by atoms with Crippen LogP contribution in [0.15, 0.2) is 53.4 Å². The number of hydrogen-bond donors (Lipinski definition) is 0. The number of nitrogens with zero attached hydrogens (tertiary/aromatic N) is 1. The molecule has 3 rings (SSSR count). The minimum Gasteiger partial charge on any atom is -0.268 e. The van der Waals surface area contributed by atoms with Crippen molar-refractivity contribution in [3.05, 3.63) is 59.7 Å². The van der Waals surface area contributed by atoms with E-state index < -0.39 is 27.7 Å². The van der Waals surface area contributed by atoms with Crippen LogP contribution in [0, 0.1) is 0 Å². The van der Waals surface area contributed by atoms with Gasteiger partial charge in [-0.3, -0.25) is 4.79 Å². The third-order valence-corrected chi connectivity index (χ3v) is 5.00. The van der Waals surface area contributed by atoms with Crippen molar-refractivity contribution >= 4 is 21.6 Å². The molecule has 2 aromatic carbocycles. The molecule has 2 aromatic rings. The van der Waals surface area contributed by atoms with Crippen LogP contribution in [0.3, 0.4) is 0 Å². The molecule has 1 amide bonds. The second kappa shape index (κ2) is 4.57. The molecule has 0 radical (unpaired) electrons. The van der Waals surface area contributed by atoms with Crippen molar-refractivity contribution in [3.8, 4) is 0 Å². The van der Waals surface area contributed by atoms with Gasteiger partial charge in [-0.05, 0) is 30.3 Å². The Morgan fingerprint density at radius 3 is 2.27 bits per heavy atom. The highest BCUT2D eigenvalue weighted by Gasteiger charge is 2.42. The summed E-state index contributed by atoms with van der Waals surface area (Å²) in [5.74, 6) is -0.866. The molecule has 0 saturated carbocycles. The lowest BCUT2D eigenvalue weighted by Crippen LogP contribution is -2.30. The molecule has 1 aliphatic rings. The average molecular weight is 327 g/mol. The maximum atomic E-state index is 12.8. The van der Waals surface area contributed by atoms with Crippen molar-refractivity contribution < 1.29 is 26.4 Å². The normalized spacial score (nSPS) is 16.7. The van der Waals surface area contributed by atoms with Crippen LogP contribution in [0.25, 0.3) is 0 Å². The summed E-state index contributed by atoms with van der Waals surface area (Å²) in [4.78, 5) is 12.0. The first-order valence-electron chi connectivity index (χ1n) is 6.09. The van der Waals surface area contributed by atoms with Crippen molar-refractivity contribution in [1.82, 2.24) is 0 Å². The van der Waals surface area contributed by atoms with Gasteiger partial charge in [-0.1, -0.05) is 18.2 Å². The van der Waals surface area contributed by atoms with Crippen LogP contribution in [0.5, 0.6) is 0 Å². The molecule has 22 heavy (non-hydrogen) atoms. The van der Waals surface area contributed by atoms with E-state index >= 15 is 0 Å². The molecule has 0 unspecified atom stereocenters. The molecule has 0 bridgehead atoms. The van der Waals surface area contributed by atoms with Gasteiger partial charge in [-0.25, -0.2) is 8.42 Å². The molecule has 0 saturated heterocycles. The second-order valence-electron chi connectivity index (χ2n) is 4.62. The third-order valence-electron chi connectivity index (χ3n) is 3.23. The van der Waals surface area contributed by atoms with E-state index in [1.54, 1.807) is 0 Å². The van der Waals surface area contributed by atoms with Crippen molar-refractivity contribution in [2.75, 3.05) is 4.31 Å².